The summed E-state index contributed by atoms with van der Waals surface area (Å²) in [5.41, 5.74) is 0.346. The highest BCUT2D eigenvalue weighted by Crippen LogP contribution is 2.46. The van der Waals surface area contributed by atoms with Crippen LogP contribution < -0.4 is 15.0 Å². The number of fused-ring (bicyclic) bond motifs is 4. The number of carbonyl (C=O) groups excluding carboxylic acids is 1. The number of anilines is 1. The topological polar surface area (TPSA) is 84.7 Å². The highest BCUT2D eigenvalue weighted by atomic mass is 19.1. The summed E-state index contributed by atoms with van der Waals surface area (Å²) in [5.74, 6) is 0.0554. The number of benzene rings is 2. The number of hydrogen-bond acceptors (Lipinski definition) is 4. The van der Waals surface area contributed by atoms with Crippen LogP contribution >= 0.6 is 0 Å². The minimum absolute atomic E-state index is 0.0618. The molecule has 2 bridgehead atoms. The van der Waals surface area contributed by atoms with Crippen LogP contribution in [0.25, 0.3) is 0 Å². The van der Waals surface area contributed by atoms with Crippen molar-refractivity contribution in [1.29, 1.82) is 0 Å². The van der Waals surface area contributed by atoms with Gasteiger partial charge in [0.25, 0.3) is 5.69 Å². The first-order chi connectivity index (χ1) is 12.3. The van der Waals surface area contributed by atoms with Gasteiger partial charge in [0.1, 0.15) is 11.6 Å². The maximum Gasteiger partial charge on any atom is 0.325 e. The van der Waals surface area contributed by atoms with Crippen molar-refractivity contribution >= 4 is 17.4 Å². The second kappa shape index (κ2) is 5.42. The van der Waals surface area contributed by atoms with E-state index in [2.05, 4.69) is 5.32 Å². The zero-order valence-electron chi connectivity index (χ0n) is 14.2. The number of nitro benzene ring substituents is 1. The van der Waals surface area contributed by atoms with Gasteiger partial charge < -0.3 is 10.1 Å². The molecule has 2 aliphatic heterocycles. The van der Waals surface area contributed by atoms with Gasteiger partial charge in [0.2, 0.25) is 0 Å². The molecule has 2 aliphatic rings. The Morgan fingerprint density at radius 2 is 2.12 bits per heavy atom. The number of aryl methyl sites for hydroxylation is 1. The lowest BCUT2D eigenvalue weighted by Crippen LogP contribution is -2.65. The van der Waals surface area contributed by atoms with Crippen LogP contribution in [0.15, 0.2) is 36.4 Å². The molecule has 0 aliphatic carbocycles. The SMILES string of the molecule is Cc1ccc(N2C(=O)N[C@H]3C[C@@]2(C)Oc2ccc([N+](=O)[O-])cc23)cc1F. The van der Waals surface area contributed by atoms with E-state index >= 15 is 0 Å². The van der Waals surface area contributed by atoms with Crippen LogP contribution in [0.2, 0.25) is 0 Å². The number of hydrogen-bond donors (Lipinski definition) is 1. The number of ether oxygens (including phenoxy) is 1. The smallest absolute Gasteiger partial charge is 0.325 e. The lowest BCUT2D eigenvalue weighted by molar-refractivity contribution is -0.385. The molecule has 134 valence electrons. The number of urea groups is 1. The fourth-order valence-corrected chi connectivity index (χ4v) is 3.59. The zero-order valence-corrected chi connectivity index (χ0v) is 14.2. The molecule has 0 radical (unpaired) electrons. The Morgan fingerprint density at radius 1 is 1.35 bits per heavy atom. The van der Waals surface area contributed by atoms with Crippen molar-refractivity contribution in [3.63, 3.8) is 0 Å². The predicted molar refractivity (Wildman–Crippen MR) is 91.6 cm³/mol. The summed E-state index contributed by atoms with van der Waals surface area (Å²) >= 11 is 0. The van der Waals surface area contributed by atoms with Gasteiger partial charge in [0.05, 0.1) is 16.7 Å². The lowest BCUT2D eigenvalue weighted by Gasteiger charge is -2.50. The number of nitrogens with zero attached hydrogens (tertiary/aromatic N) is 2. The summed E-state index contributed by atoms with van der Waals surface area (Å²) < 4.78 is 20.1. The molecule has 2 atom stereocenters. The lowest BCUT2D eigenvalue weighted by atomic mass is 9.90. The number of nitro groups is 1. The normalized spacial score (nSPS) is 23.7. The van der Waals surface area contributed by atoms with Crippen molar-refractivity contribution in [2.24, 2.45) is 0 Å². The molecule has 2 heterocycles. The van der Waals surface area contributed by atoms with E-state index in [9.17, 15) is 19.3 Å². The third-order valence-electron chi connectivity index (χ3n) is 4.88. The van der Waals surface area contributed by atoms with E-state index in [-0.39, 0.29) is 5.69 Å². The standard InChI is InChI=1S/C18H16FN3O4/c1-10-3-4-11(8-14(10)19)21-17(23)20-15-9-18(21,2)26-16-6-5-12(22(24)25)7-13(15)16/h3-8,15H,9H2,1-2H3,(H,20,23)/t15-,18+/m0/s1. The maximum absolute atomic E-state index is 14.0. The number of amides is 2. The molecule has 1 fully saturated rings. The Kier molecular flexibility index (Phi) is 3.40. The summed E-state index contributed by atoms with van der Waals surface area (Å²) in [6, 6.07) is 8.03. The fraction of sp³-hybridized carbons (Fsp3) is 0.278. The molecular weight excluding hydrogens is 341 g/mol. The molecule has 1 N–H and O–H groups in total. The maximum atomic E-state index is 14.0. The Balaban J connectivity index is 1.78. The summed E-state index contributed by atoms with van der Waals surface area (Å²) in [6.45, 7) is 3.40. The minimum atomic E-state index is -1.03. The number of carbonyl (C=O) groups is 1. The largest absolute Gasteiger partial charge is 0.467 e. The molecule has 1 saturated heterocycles. The van der Waals surface area contributed by atoms with Crippen LogP contribution in [0.3, 0.4) is 0 Å². The van der Waals surface area contributed by atoms with Crippen molar-refractivity contribution in [1.82, 2.24) is 5.32 Å². The van der Waals surface area contributed by atoms with Crippen LogP contribution in [0.1, 0.15) is 30.5 Å². The monoisotopic (exact) mass is 357 g/mol. The third-order valence-corrected chi connectivity index (χ3v) is 4.88. The van der Waals surface area contributed by atoms with Crippen LogP contribution in [0, 0.1) is 22.9 Å². The molecule has 7 nitrogen and oxygen atoms in total. The fourth-order valence-electron chi connectivity index (χ4n) is 3.59. The van der Waals surface area contributed by atoms with E-state index in [0.29, 0.717) is 29.0 Å². The van der Waals surface area contributed by atoms with Crippen LogP contribution in [0.5, 0.6) is 5.75 Å². The van der Waals surface area contributed by atoms with Gasteiger partial charge in [-0.15, -0.1) is 0 Å². The van der Waals surface area contributed by atoms with Gasteiger partial charge in [-0.1, -0.05) is 6.07 Å². The van der Waals surface area contributed by atoms with Gasteiger partial charge in [-0.3, -0.25) is 15.0 Å². The predicted octanol–water partition coefficient (Wildman–Crippen LogP) is 3.81. The number of rotatable bonds is 2. The van der Waals surface area contributed by atoms with Gasteiger partial charge in [-0.05, 0) is 37.6 Å². The number of nitrogens with one attached hydrogen (secondary N) is 1. The first-order valence-electron chi connectivity index (χ1n) is 8.13. The minimum Gasteiger partial charge on any atom is -0.467 e. The van der Waals surface area contributed by atoms with Crippen molar-refractivity contribution in [2.75, 3.05) is 4.90 Å². The Bertz CT molecular complexity index is 948. The van der Waals surface area contributed by atoms with Gasteiger partial charge in [-0.2, -0.15) is 0 Å². The third kappa shape index (κ3) is 2.37. The van der Waals surface area contributed by atoms with Crippen molar-refractivity contribution < 1.29 is 18.8 Å². The van der Waals surface area contributed by atoms with Crippen molar-refractivity contribution in [3.05, 3.63) is 63.5 Å². The van der Waals surface area contributed by atoms with Crippen molar-refractivity contribution in [2.45, 2.75) is 32.0 Å². The molecule has 0 saturated carbocycles. The Morgan fingerprint density at radius 3 is 2.81 bits per heavy atom. The second-order valence-electron chi connectivity index (χ2n) is 6.73. The first kappa shape index (κ1) is 16.3. The molecule has 26 heavy (non-hydrogen) atoms. The van der Waals surface area contributed by atoms with Crippen LogP contribution in [-0.2, 0) is 0 Å². The van der Waals surface area contributed by atoms with Gasteiger partial charge in [0, 0.05) is 24.1 Å². The molecule has 2 aromatic carbocycles. The highest BCUT2D eigenvalue weighted by molar-refractivity contribution is 5.95. The Labute approximate surface area is 148 Å². The van der Waals surface area contributed by atoms with Gasteiger partial charge in [0.15, 0.2) is 5.72 Å². The summed E-state index contributed by atoms with van der Waals surface area (Å²) in [5, 5.41) is 13.9. The Hall–Kier alpha value is -3.16. The molecule has 0 unspecified atom stereocenters. The zero-order chi connectivity index (χ0) is 18.6. The second-order valence-corrected chi connectivity index (χ2v) is 6.73. The van der Waals surface area contributed by atoms with E-state index < -0.39 is 28.5 Å². The summed E-state index contributed by atoms with van der Waals surface area (Å²) in [6.07, 6.45) is 0.377. The highest BCUT2D eigenvalue weighted by Gasteiger charge is 2.50. The average molecular weight is 357 g/mol. The van der Waals surface area contributed by atoms with E-state index in [1.807, 2.05) is 0 Å². The number of non-ortho nitro benzene ring substituents is 1. The number of halogens is 1. The van der Waals surface area contributed by atoms with Gasteiger partial charge >= 0.3 is 6.03 Å². The van der Waals surface area contributed by atoms with Crippen molar-refractivity contribution in [3.8, 4) is 5.75 Å². The molecular formula is C18H16FN3O4. The average Bonchev–Trinajstić information content (AvgIpc) is 2.57. The molecule has 0 spiro atoms. The van der Waals surface area contributed by atoms with E-state index in [1.54, 1.807) is 26.0 Å². The first-order valence-corrected chi connectivity index (χ1v) is 8.13. The quantitative estimate of drug-likeness (QED) is 0.654. The molecule has 2 aromatic rings. The van der Waals surface area contributed by atoms with Crippen LogP contribution in [-0.4, -0.2) is 16.7 Å². The van der Waals surface area contributed by atoms with E-state index in [1.165, 1.54) is 29.2 Å². The molecule has 0 aromatic heterocycles. The van der Waals surface area contributed by atoms with Crippen LogP contribution in [0.4, 0.5) is 20.6 Å². The van der Waals surface area contributed by atoms with E-state index in [4.69, 9.17) is 4.74 Å². The molecule has 8 heteroatoms. The van der Waals surface area contributed by atoms with Gasteiger partial charge in [-0.25, -0.2) is 9.18 Å². The summed E-state index contributed by atoms with van der Waals surface area (Å²) in [7, 11) is 0. The van der Waals surface area contributed by atoms with E-state index in [0.717, 1.165) is 0 Å². The molecule has 2 amide bonds. The molecule has 4 rings (SSSR count). The summed E-state index contributed by atoms with van der Waals surface area (Å²) in [4.78, 5) is 24.6.